The lowest BCUT2D eigenvalue weighted by atomic mass is 10.0. The maximum Gasteiger partial charge on any atom is 0.352 e. The molecule has 3 atom stereocenters. The van der Waals surface area contributed by atoms with Gasteiger partial charge in [-0.2, -0.15) is 0 Å². The lowest BCUT2D eigenvalue weighted by molar-refractivity contribution is -0.151. The SMILES string of the molecule is CCC(O/N=C(\C(=O)NC1C(=O)N2C(C(=O)O)=C(CN)CS[C@@H]12)c1csc(N)n1)C(=O)O. The van der Waals surface area contributed by atoms with Gasteiger partial charge in [0.05, 0.1) is 0 Å². The van der Waals surface area contributed by atoms with Crippen molar-refractivity contribution in [3.05, 3.63) is 22.3 Å². The molecule has 1 fully saturated rings. The van der Waals surface area contributed by atoms with Crippen molar-refractivity contribution in [3.8, 4) is 0 Å². The van der Waals surface area contributed by atoms with Crippen LogP contribution in [-0.2, 0) is 24.0 Å². The van der Waals surface area contributed by atoms with Gasteiger partial charge in [-0.15, -0.1) is 23.1 Å². The number of nitrogens with two attached hydrogens (primary N) is 2. The Balaban J connectivity index is 1.82. The van der Waals surface area contributed by atoms with E-state index in [0.717, 1.165) is 16.2 Å². The number of carbonyl (C=O) groups excluding carboxylic acids is 2. The Morgan fingerprint density at radius 1 is 1.44 bits per heavy atom. The number of aromatic nitrogens is 1. The average Bonchev–Trinajstić information content (AvgIpc) is 3.18. The summed E-state index contributed by atoms with van der Waals surface area (Å²) in [5.74, 6) is -3.71. The Morgan fingerprint density at radius 3 is 2.69 bits per heavy atom. The zero-order chi connectivity index (χ0) is 23.6. The van der Waals surface area contributed by atoms with Crippen molar-refractivity contribution < 1.29 is 34.2 Å². The number of carbonyl (C=O) groups is 4. The Hall–Kier alpha value is -3.17. The van der Waals surface area contributed by atoms with Crippen LogP contribution in [0.5, 0.6) is 0 Å². The number of thioether (sulfide) groups is 1. The number of aliphatic carboxylic acids is 2. The van der Waals surface area contributed by atoms with E-state index in [1.165, 1.54) is 17.1 Å². The minimum absolute atomic E-state index is 0.0102. The van der Waals surface area contributed by atoms with Crippen molar-refractivity contribution in [1.82, 2.24) is 15.2 Å². The van der Waals surface area contributed by atoms with Crippen molar-refractivity contribution in [2.24, 2.45) is 10.9 Å². The Bertz CT molecular complexity index is 1020. The van der Waals surface area contributed by atoms with Crippen LogP contribution in [0.4, 0.5) is 5.13 Å². The highest BCUT2D eigenvalue weighted by atomic mass is 32.2. The third kappa shape index (κ3) is 4.39. The minimum atomic E-state index is -1.29. The number of thiazole rings is 1. The highest BCUT2D eigenvalue weighted by Crippen LogP contribution is 2.40. The van der Waals surface area contributed by atoms with Gasteiger partial charge in [-0.05, 0) is 12.0 Å². The molecule has 3 heterocycles. The number of nitrogen functional groups attached to an aromatic ring is 1. The van der Waals surface area contributed by atoms with E-state index in [1.807, 2.05) is 0 Å². The summed E-state index contributed by atoms with van der Waals surface area (Å²) < 4.78 is 0. The molecule has 7 N–H and O–H groups in total. The van der Waals surface area contributed by atoms with Gasteiger partial charge in [-0.25, -0.2) is 14.6 Å². The van der Waals surface area contributed by atoms with Gasteiger partial charge in [-0.1, -0.05) is 12.1 Å². The smallest absolute Gasteiger partial charge is 0.352 e. The monoisotopic (exact) mass is 484 g/mol. The lowest BCUT2D eigenvalue weighted by Gasteiger charge is -2.49. The number of hydrogen-bond donors (Lipinski definition) is 5. The summed E-state index contributed by atoms with van der Waals surface area (Å²) in [5, 5.41) is 25.7. The molecule has 32 heavy (non-hydrogen) atoms. The summed E-state index contributed by atoms with van der Waals surface area (Å²) >= 11 is 2.30. The second kappa shape index (κ2) is 9.54. The summed E-state index contributed by atoms with van der Waals surface area (Å²) in [4.78, 5) is 58.4. The fraction of sp³-hybridized carbons (Fsp3) is 0.412. The first-order valence-corrected chi connectivity index (χ1v) is 11.2. The zero-order valence-corrected chi connectivity index (χ0v) is 18.3. The van der Waals surface area contributed by atoms with E-state index >= 15 is 0 Å². The maximum atomic E-state index is 12.9. The molecule has 0 bridgehead atoms. The molecule has 0 saturated carbocycles. The van der Waals surface area contributed by atoms with Crippen molar-refractivity contribution in [2.45, 2.75) is 30.9 Å². The lowest BCUT2D eigenvalue weighted by Crippen LogP contribution is -2.71. The topological polar surface area (TPSA) is 211 Å². The second-order valence-electron chi connectivity index (χ2n) is 6.67. The van der Waals surface area contributed by atoms with Gasteiger partial charge in [-0.3, -0.25) is 14.5 Å². The number of nitrogens with zero attached hydrogens (tertiary/aromatic N) is 3. The predicted octanol–water partition coefficient (Wildman–Crippen LogP) is -0.993. The number of hydrogen-bond acceptors (Lipinski definition) is 11. The molecule has 1 aromatic heterocycles. The Morgan fingerprint density at radius 2 is 2.16 bits per heavy atom. The molecule has 2 aliphatic heterocycles. The number of carboxylic acids is 2. The van der Waals surface area contributed by atoms with Crippen LogP contribution in [0.3, 0.4) is 0 Å². The quantitative estimate of drug-likeness (QED) is 0.163. The number of anilines is 1. The van der Waals surface area contributed by atoms with E-state index in [9.17, 15) is 24.3 Å². The number of fused-ring (bicyclic) bond motifs is 1. The average molecular weight is 485 g/mol. The molecule has 1 saturated heterocycles. The number of amides is 2. The molecular weight excluding hydrogens is 464 g/mol. The maximum absolute atomic E-state index is 12.9. The van der Waals surface area contributed by atoms with Crippen LogP contribution in [0.25, 0.3) is 0 Å². The molecule has 3 rings (SSSR count). The van der Waals surface area contributed by atoms with Gasteiger partial charge in [0.1, 0.15) is 22.8 Å². The van der Waals surface area contributed by atoms with E-state index in [4.69, 9.17) is 21.4 Å². The van der Waals surface area contributed by atoms with Crippen molar-refractivity contribution in [2.75, 3.05) is 18.0 Å². The van der Waals surface area contributed by atoms with E-state index < -0.39 is 41.3 Å². The van der Waals surface area contributed by atoms with E-state index in [2.05, 4.69) is 15.5 Å². The first-order valence-electron chi connectivity index (χ1n) is 9.28. The molecule has 15 heteroatoms. The van der Waals surface area contributed by atoms with Gasteiger partial charge in [0.15, 0.2) is 10.8 Å². The van der Waals surface area contributed by atoms with Crippen molar-refractivity contribution in [3.63, 3.8) is 0 Å². The largest absolute Gasteiger partial charge is 0.478 e. The summed E-state index contributed by atoms with van der Waals surface area (Å²) in [5.41, 5.74) is 11.1. The fourth-order valence-electron chi connectivity index (χ4n) is 3.06. The van der Waals surface area contributed by atoms with Crippen LogP contribution in [0, 0.1) is 0 Å². The molecule has 2 amide bonds. The summed E-state index contributed by atoms with van der Waals surface area (Å²) in [6, 6.07) is -1.02. The van der Waals surface area contributed by atoms with Crippen molar-refractivity contribution >= 4 is 57.7 Å². The molecule has 0 radical (unpaired) electrons. The molecule has 2 unspecified atom stereocenters. The van der Waals surface area contributed by atoms with Crippen molar-refractivity contribution in [1.29, 1.82) is 0 Å². The molecule has 2 aliphatic rings. The highest BCUT2D eigenvalue weighted by molar-refractivity contribution is 8.00. The standard InChI is InChI=1S/C17H20N6O7S2/c1-2-8(15(26)27)30-22-9(7-5-32-17(19)20-7)12(24)21-10-13(25)23-11(16(28)29)6(3-18)4-31-14(10)23/h5,8,10,14H,2-4,18H2,1H3,(H2,19,20)(H,21,24)(H,26,27)(H,28,29)/b22-9-/t8?,10?,14-/m0/s1. The van der Waals surface area contributed by atoms with Crippen LogP contribution in [0.15, 0.2) is 21.8 Å². The minimum Gasteiger partial charge on any atom is -0.478 e. The number of carboxylic acid groups (broad SMARTS) is 2. The zero-order valence-electron chi connectivity index (χ0n) is 16.7. The summed E-state index contributed by atoms with van der Waals surface area (Å²) in [7, 11) is 0. The number of oxime groups is 1. The molecule has 13 nitrogen and oxygen atoms in total. The first-order chi connectivity index (χ1) is 15.2. The van der Waals surface area contributed by atoms with Gasteiger partial charge in [0, 0.05) is 17.7 Å². The first kappa shape index (κ1) is 23.5. The third-order valence-corrected chi connectivity index (χ3v) is 6.69. The van der Waals surface area contributed by atoms with E-state index in [1.54, 1.807) is 6.92 Å². The van der Waals surface area contributed by atoms with Gasteiger partial charge < -0.3 is 31.8 Å². The van der Waals surface area contributed by atoms with E-state index in [-0.39, 0.29) is 35.2 Å². The molecule has 0 spiro atoms. The number of β-lactam (4-membered cyclic amide) rings is 1. The summed E-state index contributed by atoms with van der Waals surface area (Å²) in [6.07, 6.45) is -1.20. The molecule has 172 valence electrons. The summed E-state index contributed by atoms with van der Waals surface area (Å²) in [6.45, 7) is 1.56. The van der Waals surface area contributed by atoms with Gasteiger partial charge in [0.2, 0.25) is 6.10 Å². The normalized spacial score (nSPS) is 21.5. The molecule has 1 aromatic rings. The second-order valence-corrected chi connectivity index (χ2v) is 8.67. The van der Waals surface area contributed by atoms with Gasteiger partial charge in [0.25, 0.3) is 11.8 Å². The number of nitrogens with one attached hydrogen (secondary N) is 1. The molecular formula is C17H20N6O7S2. The Kier molecular flexibility index (Phi) is 7.00. The highest BCUT2D eigenvalue weighted by Gasteiger charge is 2.54. The third-order valence-electron chi connectivity index (χ3n) is 4.68. The molecule has 0 aliphatic carbocycles. The van der Waals surface area contributed by atoms with Crippen LogP contribution < -0.4 is 16.8 Å². The van der Waals surface area contributed by atoms with Crippen LogP contribution in [0.1, 0.15) is 19.0 Å². The van der Waals surface area contributed by atoms with Crippen LogP contribution >= 0.6 is 23.1 Å². The van der Waals surface area contributed by atoms with Gasteiger partial charge >= 0.3 is 11.9 Å². The van der Waals surface area contributed by atoms with Crippen LogP contribution in [0.2, 0.25) is 0 Å². The Labute approximate surface area is 189 Å². The van der Waals surface area contributed by atoms with Crippen LogP contribution in [-0.4, -0.2) is 79.4 Å². The predicted molar refractivity (Wildman–Crippen MR) is 115 cm³/mol. The van der Waals surface area contributed by atoms with E-state index in [0.29, 0.717) is 11.3 Å². The molecule has 0 aromatic carbocycles. The fourth-order valence-corrected chi connectivity index (χ4v) is 4.97. The number of rotatable bonds is 9.